The van der Waals surface area contributed by atoms with Crippen LogP contribution in [-0.2, 0) is 6.42 Å². The van der Waals surface area contributed by atoms with Gasteiger partial charge in [0.2, 0.25) is 0 Å². The molecule has 1 fully saturated rings. The van der Waals surface area contributed by atoms with Gasteiger partial charge < -0.3 is 5.32 Å². The van der Waals surface area contributed by atoms with Crippen LogP contribution in [0.5, 0.6) is 0 Å². The van der Waals surface area contributed by atoms with Crippen LogP contribution in [0.15, 0.2) is 18.2 Å². The van der Waals surface area contributed by atoms with Gasteiger partial charge in [0, 0.05) is 0 Å². The van der Waals surface area contributed by atoms with Crippen molar-refractivity contribution in [3.8, 4) is 0 Å². The van der Waals surface area contributed by atoms with Crippen molar-refractivity contribution in [2.75, 3.05) is 13.1 Å². The highest BCUT2D eigenvalue weighted by atomic mass is 32.1. The van der Waals surface area contributed by atoms with E-state index in [4.69, 9.17) is 0 Å². The van der Waals surface area contributed by atoms with Gasteiger partial charge in [0.25, 0.3) is 0 Å². The van der Waals surface area contributed by atoms with E-state index in [-0.39, 0.29) is 0 Å². The van der Waals surface area contributed by atoms with Crippen molar-refractivity contribution in [3.63, 3.8) is 0 Å². The Morgan fingerprint density at radius 3 is 3.33 bits per heavy atom. The van der Waals surface area contributed by atoms with Gasteiger partial charge in [-0.2, -0.15) is 0 Å². The second-order valence-electron chi connectivity index (χ2n) is 4.14. The molecule has 0 bridgehead atoms. The second kappa shape index (κ2) is 3.87. The molecule has 78 valence electrons. The molecule has 0 amide bonds. The molecule has 1 saturated heterocycles. The molecule has 0 aliphatic carbocycles. The Labute approximate surface area is 92.7 Å². The molecular weight excluding hydrogens is 206 g/mol. The smallest absolute Gasteiger partial charge is 0.106 e. The van der Waals surface area contributed by atoms with E-state index in [1.54, 1.807) is 0 Å². The van der Waals surface area contributed by atoms with Crippen molar-refractivity contribution in [1.29, 1.82) is 0 Å². The van der Waals surface area contributed by atoms with Gasteiger partial charge in [-0.05, 0) is 61.1 Å². The summed E-state index contributed by atoms with van der Waals surface area (Å²) in [6.45, 7) is 2.33. The molecular formula is C11H13N3S. The molecule has 0 saturated carbocycles. The van der Waals surface area contributed by atoms with Gasteiger partial charge in [0.05, 0.1) is 4.70 Å². The van der Waals surface area contributed by atoms with Crippen molar-refractivity contribution >= 4 is 21.7 Å². The number of aromatic nitrogens is 2. The predicted molar refractivity (Wildman–Crippen MR) is 62.1 cm³/mol. The highest BCUT2D eigenvalue weighted by Crippen LogP contribution is 2.20. The van der Waals surface area contributed by atoms with Gasteiger partial charge in [-0.3, -0.25) is 0 Å². The molecule has 1 N–H and O–H groups in total. The van der Waals surface area contributed by atoms with Crippen molar-refractivity contribution in [3.05, 3.63) is 23.8 Å². The quantitative estimate of drug-likeness (QED) is 0.837. The van der Waals surface area contributed by atoms with Crippen LogP contribution < -0.4 is 5.32 Å². The van der Waals surface area contributed by atoms with E-state index in [0.717, 1.165) is 18.0 Å². The standard InChI is InChI=1S/C11H13N3S/c1-2-11-10(13-14-15-11)6-8(1)5-9-3-4-12-7-9/h1-2,6,9,12H,3-5,7H2. The molecule has 1 unspecified atom stereocenters. The lowest BCUT2D eigenvalue weighted by Crippen LogP contribution is -2.10. The number of nitrogens with zero attached hydrogens (tertiary/aromatic N) is 2. The second-order valence-corrected chi connectivity index (χ2v) is 4.92. The number of fused-ring (bicyclic) bond motifs is 1. The fourth-order valence-electron chi connectivity index (χ4n) is 2.18. The van der Waals surface area contributed by atoms with Crippen molar-refractivity contribution < 1.29 is 0 Å². The molecule has 4 heteroatoms. The number of benzene rings is 1. The maximum Gasteiger partial charge on any atom is 0.106 e. The van der Waals surface area contributed by atoms with Crippen molar-refractivity contribution in [1.82, 2.24) is 14.9 Å². The van der Waals surface area contributed by atoms with Crippen LogP contribution in [-0.4, -0.2) is 22.7 Å². The summed E-state index contributed by atoms with van der Waals surface area (Å²) < 4.78 is 5.14. The molecule has 2 aromatic rings. The van der Waals surface area contributed by atoms with Gasteiger partial charge in [0.1, 0.15) is 5.52 Å². The van der Waals surface area contributed by atoms with Crippen LogP contribution in [0.1, 0.15) is 12.0 Å². The lowest BCUT2D eigenvalue weighted by atomic mass is 9.99. The fraction of sp³-hybridized carbons (Fsp3) is 0.455. The summed E-state index contributed by atoms with van der Waals surface area (Å²) in [6, 6.07) is 6.52. The van der Waals surface area contributed by atoms with Crippen LogP contribution >= 0.6 is 11.5 Å². The van der Waals surface area contributed by atoms with Crippen LogP contribution in [0.2, 0.25) is 0 Å². The molecule has 3 rings (SSSR count). The van der Waals surface area contributed by atoms with E-state index in [9.17, 15) is 0 Å². The lowest BCUT2D eigenvalue weighted by molar-refractivity contribution is 0.580. The number of nitrogens with one attached hydrogen (secondary N) is 1. The maximum absolute atomic E-state index is 4.11. The third-order valence-corrected chi connectivity index (χ3v) is 3.70. The molecule has 1 atom stereocenters. The largest absolute Gasteiger partial charge is 0.316 e. The lowest BCUT2D eigenvalue weighted by Gasteiger charge is -2.07. The van der Waals surface area contributed by atoms with E-state index < -0.39 is 0 Å². The van der Waals surface area contributed by atoms with E-state index in [0.29, 0.717) is 0 Å². The highest BCUT2D eigenvalue weighted by Gasteiger charge is 2.15. The number of hydrogen-bond acceptors (Lipinski definition) is 4. The molecule has 1 aliphatic heterocycles. The van der Waals surface area contributed by atoms with Crippen LogP contribution in [0.25, 0.3) is 10.2 Å². The van der Waals surface area contributed by atoms with Gasteiger partial charge >= 0.3 is 0 Å². The van der Waals surface area contributed by atoms with Crippen molar-refractivity contribution in [2.45, 2.75) is 12.8 Å². The first-order chi connectivity index (χ1) is 7.42. The first-order valence-corrected chi connectivity index (χ1v) is 6.11. The van der Waals surface area contributed by atoms with Crippen LogP contribution in [0.4, 0.5) is 0 Å². The first kappa shape index (κ1) is 9.24. The maximum atomic E-state index is 4.11. The molecule has 2 heterocycles. The van der Waals surface area contributed by atoms with Gasteiger partial charge in [0.15, 0.2) is 0 Å². The highest BCUT2D eigenvalue weighted by molar-refractivity contribution is 7.12. The summed E-state index contributed by atoms with van der Waals surface area (Å²) in [5.74, 6) is 0.800. The minimum absolute atomic E-state index is 0.800. The normalized spacial score (nSPS) is 21.2. The third-order valence-electron chi connectivity index (χ3n) is 3.00. The fourth-order valence-corrected chi connectivity index (χ4v) is 2.71. The van der Waals surface area contributed by atoms with E-state index >= 15 is 0 Å². The molecule has 0 spiro atoms. The van der Waals surface area contributed by atoms with Gasteiger partial charge in [-0.25, -0.2) is 0 Å². The van der Waals surface area contributed by atoms with E-state index in [1.807, 2.05) is 0 Å². The first-order valence-electron chi connectivity index (χ1n) is 5.33. The van der Waals surface area contributed by atoms with E-state index in [2.05, 4.69) is 33.1 Å². The Kier molecular flexibility index (Phi) is 2.38. The molecule has 1 aromatic heterocycles. The Morgan fingerprint density at radius 1 is 1.47 bits per heavy atom. The van der Waals surface area contributed by atoms with Crippen LogP contribution in [0, 0.1) is 5.92 Å². The molecule has 1 aliphatic rings. The average molecular weight is 219 g/mol. The summed E-state index contributed by atoms with van der Waals surface area (Å²) in [5.41, 5.74) is 2.44. The summed E-state index contributed by atoms with van der Waals surface area (Å²) >= 11 is 1.47. The Bertz CT molecular complexity index is 460. The van der Waals surface area contributed by atoms with Crippen molar-refractivity contribution in [2.24, 2.45) is 5.92 Å². The summed E-state index contributed by atoms with van der Waals surface area (Å²) in [5, 5.41) is 7.51. The Hall–Kier alpha value is -1.00. The minimum atomic E-state index is 0.800. The summed E-state index contributed by atoms with van der Waals surface area (Å²) in [6.07, 6.45) is 2.47. The zero-order chi connectivity index (χ0) is 10.1. The monoisotopic (exact) mass is 219 g/mol. The third kappa shape index (κ3) is 1.87. The summed E-state index contributed by atoms with van der Waals surface area (Å²) in [4.78, 5) is 0. The number of rotatable bonds is 2. The van der Waals surface area contributed by atoms with Crippen LogP contribution in [0.3, 0.4) is 0 Å². The average Bonchev–Trinajstić information content (AvgIpc) is 2.87. The Morgan fingerprint density at radius 2 is 2.47 bits per heavy atom. The van der Waals surface area contributed by atoms with Gasteiger partial charge in [-0.1, -0.05) is 10.6 Å². The molecule has 15 heavy (non-hydrogen) atoms. The SMILES string of the molecule is c1cc2snnc2cc1CC1CCNC1. The molecule has 0 radical (unpaired) electrons. The predicted octanol–water partition coefficient (Wildman–Crippen LogP) is 1.84. The number of hydrogen-bond donors (Lipinski definition) is 1. The minimum Gasteiger partial charge on any atom is -0.316 e. The van der Waals surface area contributed by atoms with Gasteiger partial charge in [-0.15, -0.1) is 5.10 Å². The summed E-state index contributed by atoms with van der Waals surface area (Å²) in [7, 11) is 0. The van der Waals surface area contributed by atoms with E-state index in [1.165, 1.54) is 41.2 Å². The zero-order valence-corrected chi connectivity index (χ0v) is 9.26. The Balaban J connectivity index is 1.84. The topological polar surface area (TPSA) is 37.8 Å². The molecule has 3 nitrogen and oxygen atoms in total. The molecule has 1 aromatic carbocycles. The zero-order valence-electron chi connectivity index (χ0n) is 8.44.